The molecule has 1 unspecified atom stereocenters. The molecule has 3 heteroatoms. The fourth-order valence-corrected chi connectivity index (χ4v) is 6.23. The average Bonchev–Trinajstić information content (AvgIpc) is 2.91. The molecule has 2 aliphatic heterocycles. The maximum atomic E-state index is 14.6. The van der Waals surface area contributed by atoms with E-state index in [4.69, 9.17) is 4.99 Å². The van der Waals surface area contributed by atoms with E-state index in [2.05, 4.69) is 91.5 Å². The monoisotopic (exact) mass is 456 g/mol. The molecule has 0 bridgehead atoms. The highest BCUT2D eigenvalue weighted by Gasteiger charge is 2.76. The highest BCUT2D eigenvalue weighted by Crippen LogP contribution is 2.63. The summed E-state index contributed by atoms with van der Waals surface area (Å²) in [5, 5.41) is 0. The van der Waals surface area contributed by atoms with Crippen molar-refractivity contribution < 1.29 is 4.79 Å². The fourth-order valence-electron chi connectivity index (χ4n) is 6.23. The first-order chi connectivity index (χ1) is 17.0. The van der Waals surface area contributed by atoms with Crippen LogP contribution < -0.4 is 0 Å². The van der Waals surface area contributed by atoms with E-state index in [1.54, 1.807) is 0 Å². The third-order valence-electron chi connectivity index (χ3n) is 7.47. The highest BCUT2D eigenvalue weighted by atomic mass is 16.2. The van der Waals surface area contributed by atoms with Crippen molar-refractivity contribution in [1.82, 2.24) is 4.90 Å². The van der Waals surface area contributed by atoms with Gasteiger partial charge < -0.3 is 4.90 Å². The number of carbonyl (C=O) groups is 1. The molecule has 1 atom stereocenters. The molecule has 0 radical (unpaired) electrons. The second-order valence-electron chi connectivity index (χ2n) is 10.1. The topological polar surface area (TPSA) is 32.7 Å². The first-order valence-corrected chi connectivity index (χ1v) is 12.2. The standard InChI is InChI=1S/C32H28N2O/c1-30(2)23-34-29(35)31(25-17-9-4-10-18-25,26-19-11-5-12-20-26)32(34,27-21-13-6-14-22-27)28(33-30)24-15-7-3-8-16-24/h3-22H,23H2,1-2H3. The predicted octanol–water partition coefficient (Wildman–Crippen LogP) is 5.99. The summed E-state index contributed by atoms with van der Waals surface area (Å²) in [6, 6.07) is 41.3. The Bertz CT molecular complexity index is 1360. The Labute approximate surface area is 206 Å². The van der Waals surface area contributed by atoms with Gasteiger partial charge in [-0.15, -0.1) is 0 Å². The van der Waals surface area contributed by atoms with Crippen LogP contribution in [0.5, 0.6) is 0 Å². The first kappa shape index (κ1) is 21.5. The van der Waals surface area contributed by atoms with E-state index >= 15 is 0 Å². The van der Waals surface area contributed by atoms with Crippen molar-refractivity contribution in [1.29, 1.82) is 0 Å². The number of β-lactam (4-membered cyclic amide) rings is 1. The minimum Gasteiger partial charge on any atom is -0.322 e. The van der Waals surface area contributed by atoms with Crippen LogP contribution in [0.15, 0.2) is 126 Å². The van der Waals surface area contributed by atoms with E-state index in [0.717, 1.165) is 28.0 Å². The molecular formula is C32H28N2O. The number of carbonyl (C=O) groups excluding carboxylic acids is 1. The predicted molar refractivity (Wildman–Crippen MR) is 141 cm³/mol. The van der Waals surface area contributed by atoms with Gasteiger partial charge in [-0.05, 0) is 36.1 Å². The molecule has 2 aliphatic rings. The first-order valence-electron chi connectivity index (χ1n) is 12.2. The van der Waals surface area contributed by atoms with Gasteiger partial charge in [0.15, 0.2) is 0 Å². The van der Waals surface area contributed by atoms with Crippen molar-refractivity contribution in [3.63, 3.8) is 0 Å². The summed E-state index contributed by atoms with van der Waals surface area (Å²) in [5.41, 5.74) is 2.89. The Morgan fingerprint density at radius 1 is 0.629 bits per heavy atom. The van der Waals surface area contributed by atoms with Crippen LogP contribution in [0.2, 0.25) is 0 Å². The van der Waals surface area contributed by atoms with E-state index in [1.807, 2.05) is 48.5 Å². The number of fused-ring (bicyclic) bond motifs is 1. The van der Waals surface area contributed by atoms with Gasteiger partial charge in [-0.2, -0.15) is 0 Å². The molecule has 0 aliphatic carbocycles. The van der Waals surface area contributed by atoms with Gasteiger partial charge >= 0.3 is 0 Å². The van der Waals surface area contributed by atoms with Crippen LogP contribution in [0.3, 0.4) is 0 Å². The van der Waals surface area contributed by atoms with Gasteiger partial charge in [-0.25, -0.2) is 0 Å². The second kappa shape index (κ2) is 7.78. The Kier molecular flexibility index (Phi) is 4.79. The van der Waals surface area contributed by atoms with Crippen LogP contribution in [0.1, 0.15) is 36.1 Å². The zero-order valence-corrected chi connectivity index (χ0v) is 20.1. The van der Waals surface area contributed by atoms with Gasteiger partial charge in [0.1, 0.15) is 11.0 Å². The van der Waals surface area contributed by atoms with Crippen LogP contribution in [0.4, 0.5) is 0 Å². The van der Waals surface area contributed by atoms with E-state index in [9.17, 15) is 4.79 Å². The Morgan fingerprint density at radius 3 is 1.54 bits per heavy atom. The third-order valence-corrected chi connectivity index (χ3v) is 7.47. The molecule has 6 rings (SSSR count). The Balaban J connectivity index is 1.80. The molecule has 1 amide bonds. The number of rotatable bonds is 4. The number of amides is 1. The number of benzene rings is 4. The summed E-state index contributed by atoms with van der Waals surface area (Å²) >= 11 is 0. The Morgan fingerprint density at radius 2 is 1.06 bits per heavy atom. The zero-order chi connectivity index (χ0) is 24.1. The summed E-state index contributed by atoms with van der Waals surface area (Å²) in [6.45, 7) is 4.78. The molecule has 172 valence electrons. The summed E-state index contributed by atoms with van der Waals surface area (Å²) < 4.78 is 0. The summed E-state index contributed by atoms with van der Waals surface area (Å²) in [4.78, 5) is 22.1. The average molecular weight is 457 g/mol. The van der Waals surface area contributed by atoms with Crippen LogP contribution >= 0.6 is 0 Å². The fraction of sp³-hybridized carbons (Fsp3) is 0.188. The van der Waals surface area contributed by atoms with Gasteiger partial charge in [0, 0.05) is 6.54 Å². The molecule has 35 heavy (non-hydrogen) atoms. The van der Waals surface area contributed by atoms with Crippen LogP contribution in [-0.2, 0) is 15.7 Å². The molecule has 0 N–H and O–H groups in total. The molecule has 3 nitrogen and oxygen atoms in total. The zero-order valence-electron chi connectivity index (χ0n) is 20.1. The quantitative estimate of drug-likeness (QED) is 0.347. The summed E-state index contributed by atoms with van der Waals surface area (Å²) in [7, 11) is 0. The number of nitrogens with zero attached hydrogens (tertiary/aromatic N) is 2. The van der Waals surface area contributed by atoms with Crippen molar-refractivity contribution in [3.05, 3.63) is 144 Å². The van der Waals surface area contributed by atoms with E-state index in [-0.39, 0.29) is 5.91 Å². The van der Waals surface area contributed by atoms with Crippen LogP contribution in [-0.4, -0.2) is 28.6 Å². The lowest BCUT2D eigenvalue weighted by Gasteiger charge is -2.68. The number of hydrogen-bond donors (Lipinski definition) is 0. The van der Waals surface area contributed by atoms with Crippen molar-refractivity contribution in [2.24, 2.45) is 4.99 Å². The van der Waals surface area contributed by atoms with Gasteiger partial charge in [0.2, 0.25) is 5.91 Å². The molecule has 4 aromatic carbocycles. The molecule has 2 heterocycles. The van der Waals surface area contributed by atoms with Crippen LogP contribution in [0.25, 0.3) is 0 Å². The normalized spacial score (nSPS) is 22.1. The van der Waals surface area contributed by atoms with Gasteiger partial charge in [-0.1, -0.05) is 121 Å². The van der Waals surface area contributed by atoms with Crippen LogP contribution in [0, 0.1) is 0 Å². The lowest BCUT2D eigenvalue weighted by Crippen LogP contribution is -2.84. The molecule has 4 aromatic rings. The SMILES string of the molecule is CC1(C)CN2C(=O)C(c3ccccc3)(c3ccccc3)C2(c2ccccc2)C(c2ccccc2)=N1. The molecular weight excluding hydrogens is 428 g/mol. The smallest absolute Gasteiger partial charge is 0.242 e. The lowest BCUT2D eigenvalue weighted by molar-refractivity contribution is -0.168. The number of aliphatic imine (C=N–C) groups is 1. The maximum absolute atomic E-state index is 14.6. The highest BCUT2D eigenvalue weighted by molar-refractivity contribution is 6.21. The maximum Gasteiger partial charge on any atom is 0.242 e. The second-order valence-corrected chi connectivity index (χ2v) is 10.1. The molecule has 1 fully saturated rings. The molecule has 0 spiro atoms. The van der Waals surface area contributed by atoms with E-state index < -0.39 is 16.5 Å². The third kappa shape index (κ3) is 2.84. The number of hydrogen-bond acceptors (Lipinski definition) is 2. The minimum absolute atomic E-state index is 0.121. The van der Waals surface area contributed by atoms with Crippen molar-refractivity contribution in [2.45, 2.75) is 30.3 Å². The van der Waals surface area contributed by atoms with Crippen molar-refractivity contribution in [3.8, 4) is 0 Å². The van der Waals surface area contributed by atoms with Crippen molar-refractivity contribution >= 4 is 11.6 Å². The van der Waals surface area contributed by atoms with Crippen molar-refractivity contribution in [2.75, 3.05) is 6.54 Å². The summed E-state index contributed by atoms with van der Waals surface area (Å²) in [5.74, 6) is 0.121. The lowest BCUT2D eigenvalue weighted by atomic mass is 9.48. The molecule has 1 saturated heterocycles. The van der Waals surface area contributed by atoms with Gasteiger partial charge in [-0.3, -0.25) is 9.79 Å². The molecule has 0 saturated carbocycles. The molecule has 0 aromatic heterocycles. The summed E-state index contributed by atoms with van der Waals surface area (Å²) in [6.07, 6.45) is 0. The van der Waals surface area contributed by atoms with E-state index in [0.29, 0.717) is 6.54 Å². The largest absolute Gasteiger partial charge is 0.322 e. The van der Waals surface area contributed by atoms with Gasteiger partial charge in [0.05, 0.1) is 11.3 Å². The van der Waals surface area contributed by atoms with E-state index in [1.165, 1.54) is 0 Å². The van der Waals surface area contributed by atoms with Gasteiger partial charge in [0.25, 0.3) is 0 Å². The Hall–Kier alpha value is -3.98. The minimum atomic E-state index is -0.942.